The monoisotopic (exact) mass is 398 g/mol. The van der Waals surface area contributed by atoms with E-state index in [1.165, 1.54) is 16.2 Å². The van der Waals surface area contributed by atoms with Gasteiger partial charge in [-0.2, -0.15) is 0 Å². The van der Waals surface area contributed by atoms with Crippen molar-refractivity contribution in [2.24, 2.45) is 0 Å². The third kappa shape index (κ3) is 4.53. The maximum atomic E-state index is 12.4. The van der Waals surface area contributed by atoms with Crippen LogP contribution in [0.1, 0.15) is 28.1 Å². The quantitative estimate of drug-likeness (QED) is 0.582. The van der Waals surface area contributed by atoms with Gasteiger partial charge in [-0.05, 0) is 56.2 Å². The van der Waals surface area contributed by atoms with Gasteiger partial charge in [-0.25, -0.2) is 9.78 Å². The van der Waals surface area contributed by atoms with Crippen LogP contribution in [-0.2, 0) is 0 Å². The van der Waals surface area contributed by atoms with Crippen LogP contribution in [0.4, 0.5) is 15.6 Å². The van der Waals surface area contributed by atoms with E-state index in [2.05, 4.69) is 33.9 Å². The Morgan fingerprint density at radius 1 is 1.07 bits per heavy atom. The summed E-state index contributed by atoms with van der Waals surface area (Å²) in [6, 6.07) is 11.0. The van der Waals surface area contributed by atoms with Crippen LogP contribution >= 0.6 is 22.7 Å². The Kier molecular flexibility index (Phi) is 4.91. The molecule has 1 fully saturated rings. The normalized spacial score (nSPS) is 13.2. The molecule has 1 aliphatic carbocycles. The number of rotatable bonds is 5. The van der Waals surface area contributed by atoms with Crippen molar-refractivity contribution in [2.45, 2.75) is 25.8 Å². The van der Waals surface area contributed by atoms with Crippen LogP contribution in [0.25, 0.3) is 10.6 Å². The molecule has 3 aromatic rings. The number of nitrogens with one attached hydrogen (secondary N) is 3. The first-order valence-electron chi connectivity index (χ1n) is 8.58. The summed E-state index contributed by atoms with van der Waals surface area (Å²) >= 11 is 3.07. The highest BCUT2D eigenvalue weighted by atomic mass is 32.1. The van der Waals surface area contributed by atoms with Crippen molar-refractivity contribution < 1.29 is 9.59 Å². The van der Waals surface area contributed by atoms with Gasteiger partial charge in [-0.1, -0.05) is 0 Å². The summed E-state index contributed by atoms with van der Waals surface area (Å²) in [4.78, 5) is 30.9. The van der Waals surface area contributed by atoms with Gasteiger partial charge in [0, 0.05) is 27.5 Å². The second-order valence-electron chi connectivity index (χ2n) is 6.35. The van der Waals surface area contributed by atoms with Crippen molar-refractivity contribution in [1.82, 2.24) is 10.3 Å². The zero-order valence-electron chi connectivity index (χ0n) is 14.6. The van der Waals surface area contributed by atoms with Crippen LogP contribution in [0.5, 0.6) is 0 Å². The fourth-order valence-electron chi connectivity index (χ4n) is 2.47. The third-order valence-corrected chi connectivity index (χ3v) is 5.82. The minimum Gasteiger partial charge on any atom is -0.335 e. The average molecular weight is 399 g/mol. The Balaban J connectivity index is 1.36. The maximum Gasteiger partial charge on any atom is 0.319 e. The molecule has 0 radical (unpaired) electrons. The Morgan fingerprint density at radius 3 is 2.52 bits per heavy atom. The number of urea groups is 1. The molecule has 0 atom stereocenters. The number of aryl methyl sites for hydroxylation is 1. The molecule has 0 unspecified atom stereocenters. The molecule has 3 N–H and O–H groups in total. The molecule has 2 aromatic heterocycles. The van der Waals surface area contributed by atoms with E-state index in [4.69, 9.17) is 0 Å². The molecule has 138 valence electrons. The van der Waals surface area contributed by atoms with Crippen molar-refractivity contribution in [3.05, 3.63) is 52.2 Å². The Bertz CT molecular complexity index is 974. The summed E-state index contributed by atoms with van der Waals surface area (Å²) in [5.74, 6) is -0.229. The molecular formula is C19H18N4O2S2. The first-order chi connectivity index (χ1) is 13.1. The Hall–Kier alpha value is -2.71. The maximum absolute atomic E-state index is 12.4. The predicted molar refractivity (Wildman–Crippen MR) is 110 cm³/mol. The molecule has 1 saturated carbocycles. The molecule has 6 nitrogen and oxygen atoms in total. The lowest BCUT2D eigenvalue weighted by atomic mass is 10.2. The molecule has 0 aliphatic heterocycles. The van der Waals surface area contributed by atoms with Gasteiger partial charge in [0.25, 0.3) is 5.91 Å². The number of hydrogen-bond donors (Lipinski definition) is 3. The van der Waals surface area contributed by atoms with E-state index in [1.54, 1.807) is 35.6 Å². The number of thiophene rings is 1. The summed E-state index contributed by atoms with van der Waals surface area (Å²) in [5.41, 5.74) is 2.02. The van der Waals surface area contributed by atoms with Gasteiger partial charge in [0.1, 0.15) is 0 Å². The second-order valence-corrected chi connectivity index (χ2v) is 8.50. The molecule has 3 amide bonds. The molecule has 0 bridgehead atoms. The van der Waals surface area contributed by atoms with Crippen LogP contribution in [0.15, 0.2) is 41.8 Å². The molecule has 1 aliphatic rings. The fourth-order valence-corrected chi connectivity index (χ4v) is 4.08. The van der Waals surface area contributed by atoms with Crippen LogP contribution in [0.3, 0.4) is 0 Å². The number of hydrogen-bond acceptors (Lipinski definition) is 5. The van der Waals surface area contributed by atoms with Gasteiger partial charge in [0.2, 0.25) is 0 Å². The number of benzene rings is 1. The zero-order chi connectivity index (χ0) is 18.8. The van der Waals surface area contributed by atoms with Crippen molar-refractivity contribution in [3.63, 3.8) is 0 Å². The number of aromatic nitrogens is 1. The number of carbonyl (C=O) groups excluding carboxylic acids is 2. The fraction of sp³-hybridized carbons (Fsp3) is 0.211. The second kappa shape index (κ2) is 7.50. The zero-order valence-corrected chi connectivity index (χ0v) is 16.2. The summed E-state index contributed by atoms with van der Waals surface area (Å²) < 4.78 is 0. The van der Waals surface area contributed by atoms with Gasteiger partial charge in [0.05, 0.1) is 10.6 Å². The van der Waals surface area contributed by atoms with E-state index in [-0.39, 0.29) is 11.9 Å². The van der Waals surface area contributed by atoms with Gasteiger partial charge in [-0.15, -0.1) is 22.7 Å². The number of nitrogens with zero attached hydrogens (tertiary/aromatic N) is 1. The first kappa shape index (κ1) is 17.7. The van der Waals surface area contributed by atoms with E-state index in [0.29, 0.717) is 22.4 Å². The standard InChI is InChI=1S/C19H18N4O2S2/c1-11-2-9-16(27-11)15-10-26-19(22-15)23-17(24)12-3-5-13(6-4-12)20-18(25)21-14-7-8-14/h2-6,9-10,14H,7-8H2,1H3,(H2,20,21,25)(H,22,23,24). The molecule has 27 heavy (non-hydrogen) atoms. The van der Waals surface area contributed by atoms with Crippen LogP contribution < -0.4 is 16.0 Å². The van der Waals surface area contributed by atoms with E-state index < -0.39 is 0 Å². The lowest BCUT2D eigenvalue weighted by Crippen LogP contribution is -2.30. The highest BCUT2D eigenvalue weighted by molar-refractivity contribution is 7.17. The van der Waals surface area contributed by atoms with Crippen LogP contribution in [0, 0.1) is 6.92 Å². The predicted octanol–water partition coefficient (Wildman–Crippen LogP) is 4.72. The highest BCUT2D eigenvalue weighted by Gasteiger charge is 2.23. The number of thiazole rings is 1. The highest BCUT2D eigenvalue weighted by Crippen LogP contribution is 2.30. The summed E-state index contributed by atoms with van der Waals surface area (Å²) in [5, 5.41) is 10.9. The van der Waals surface area contributed by atoms with Crippen molar-refractivity contribution in [1.29, 1.82) is 0 Å². The minimum absolute atomic E-state index is 0.214. The lowest BCUT2D eigenvalue weighted by molar-refractivity contribution is 0.102. The number of amides is 3. The van der Waals surface area contributed by atoms with Crippen LogP contribution in [-0.4, -0.2) is 23.0 Å². The van der Waals surface area contributed by atoms with Crippen molar-refractivity contribution in [2.75, 3.05) is 10.6 Å². The molecule has 1 aromatic carbocycles. The van der Waals surface area contributed by atoms with Gasteiger partial charge in [-0.3, -0.25) is 10.1 Å². The smallest absolute Gasteiger partial charge is 0.319 e. The number of anilines is 2. The van der Waals surface area contributed by atoms with E-state index in [9.17, 15) is 9.59 Å². The molecule has 0 spiro atoms. The Labute approximate surface area is 164 Å². The molecule has 0 saturated heterocycles. The van der Waals surface area contributed by atoms with E-state index >= 15 is 0 Å². The largest absolute Gasteiger partial charge is 0.335 e. The van der Waals surface area contributed by atoms with Gasteiger partial charge in [0.15, 0.2) is 5.13 Å². The van der Waals surface area contributed by atoms with Gasteiger partial charge >= 0.3 is 6.03 Å². The summed E-state index contributed by atoms with van der Waals surface area (Å²) in [6.07, 6.45) is 2.08. The Morgan fingerprint density at radius 2 is 1.85 bits per heavy atom. The van der Waals surface area contributed by atoms with E-state index in [0.717, 1.165) is 23.4 Å². The van der Waals surface area contributed by atoms with Crippen molar-refractivity contribution in [3.8, 4) is 10.6 Å². The molecule has 8 heteroatoms. The minimum atomic E-state index is -0.229. The lowest BCUT2D eigenvalue weighted by Gasteiger charge is -2.07. The number of carbonyl (C=O) groups is 2. The molecular weight excluding hydrogens is 380 g/mol. The first-order valence-corrected chi connectivity index (χ1v) is 10.3. The summed E-state index contributed by atoms with van der Waals surface area (Å²) in [7, 11) is 0. The van der Waals surface area contributed by atoms with Crippen molar-refractivity contribution >= 4 is 45.4 Å². The topological polar surface area (TPSA) is 83.1 Å². The van der Waals surface area contributed by atoms with Crippen LogP contribution in [0.2, 0.25) is 0 Å². The summed E-state index contributed by atoms with van der Waals surface area (Å²) in [6.45, 7) is 2.05. The average Bonchev–Trinajstić information content (AvgIpc) is 3.15. The molecule has 4 rings (SSSR count). The van der Waals surface area contributed by atoms with Gasteiger partial charge < -0.3 is 10.6 Å². The molecule has 2 heterocycles. The SMILES string of the molecule is Cc1ccc(-c2csc(NC(=O)c3ccc(NC(=O)NC4CC4)cc3)n2)s1. The third-order valence-electron chi connectivity index (χ3n) is 4.03. The van der Waals surface area contributed by atoms with E-state index in [1.807, 2.05) is 11.4 Å².